The molecule has 0 aliphatic rings. The summed E-state index contributed by atoms with van der Waals surface area (Å²) >= 11 is 1.26. The van der Waals surface area contributed by atoms with Gasteiger partial charge in [-0.05, 0) is 23.8 Å². The minimum absolute atomic E-state index is 0.119. The third kappa shape index (κ3) is 4.29. The summed E-state index contributed by atoms with van der Waals surface area (Å²) in [5.41, 5.74) is 0.801. The van der Waals surface area contributed by atoms with Crippen LogP contribution in [-0.2, 0) is 13.5 Å². The summed E-state index contributed by atoms with van der Waals surface area (Å²) in [6, 6.07) is 8.25. The van der Waals surface area contributed by atoms with Gasteiger partial charge in [0.1, 0.15) is 10.7 Å². The van der Waals surface area contributed by atoms with Crippen molar-refractivity contribution in [3.63, 3.8) is 0 Å². The molecule has 1 amide bonds. The van der Waals surface area contributed by atoms with Crippen molar-refractivity contribution in [3.8, 4) is 11.5 Å². The molecule has 0 aliphatic heterocycles. The van der Waals surface area contributed by atoms with Gasteiger partial charge in [-0.3, -0.25) is 14.9 Å². The number of aryl methyl sites for hydroxylation is 1. The maximum atomic E-state index is 12.2. The van der Waals surface area contributed by atoms with Gasteiger partial charge in [-0.1, -0.05) is 17.4 Å². The van der Waals surface area contributed by atoms with E-state index >= 15 is 0 Å². The van der Waals surface area contributed by atoms with E-state index in [0.717, 1.165) is 15.3 Å². The van der Waals surface area contributed by atoms with Crippen LogP contribution >= 0.6 is 11.3 Å². The second kappa shape index (κ2) is 7.96. The molecule has 9 nitrogen and oxygen atoms in total. The number of carbonyl (C=O) groups excluding carboxylic acids is 1. The van der Waals surface area contributed by atoms with Crippen LogP contribution in [0.4, 0.5) is 5.13 Å². The zero-order chi connectivity index (χ0) is 19.4. The van der Waals surface area contributed by atoms with Gasteiger partial charge in [0.15, 0.2) is 11.5 Å². The first kappa shape index (κ1) is 18.5. The lowest BCUT2D eigenvalue weighted by molar-refractivity contribution is 0.102. The molecule has 0 aliphatic carbocycles. The fraction of sp³-hybridized carbons (Fsp3) is 0.235. The summed E-state index contributed by atoms with van der Waals surface area (Å²) in [6.07, 6.45) is 0.534. The van der Waals surface area contributed by atoms with E-state index in [0.29, 0.717) is 23.1 Å². The SMILES string of the molecule is COc1ccc(Cc2nnc(NC(=O)c3ccc(=O)n(C)n3)s2)cc1OC. The Balaban J connectivity index is 1.70. The molecule has 2 heterocycles. The summed E-state index contributed by atoms with van der Waals surface area (Å²) in [5, 5.41) is 15.7. The van der Waals surface area contributed by atoms with Gasteiger partial charge in [0.2, 0.25) is 5.13 Å². The van der Waals surface area contributed by atoms with Gasteiger partial charge in [0.05, 0.1) is 14.2 Å². The van der Waals surface area contributed by atoms with E-state index in [2.05, 4.69) is 20.6 Å². The quantitative estimate of drug-likeness (QED) is 0.683. The van der Waals surface area contributed by atoms with E-state index in [1.807, 2.05) is 18.2 Å². The maximum Gasteiger partial charge on any atom is 0.277 e. The number of carbonyl (C=O) groups is 1. The highest BCUT2D eigenvalue weighted by atomic mass is 32.1. The maximum absolute atomic E-state index is 12.2. The molecule has 0 bridgehead atoms. The van der Waals surface area contributed by atoms with Crippen LogP contribution in [0.3, 0.4) is 0 Å². The van der Waals surface area contributed by atoms with Crippen molar-refractivity contribution in [2.24, 2.45) is 7.05 Å². The van der Waals surface area contributed by atoms with Crippen LogP contribution in [0.2, 0.25) is 0 Å². The van der Waals surface area contributed by atoms with Gasteiger partial charge in [0, 0.05) is 19.5 Å². The number of hydrogen-bond acceptors (Lipinski definition) is 8. The predicted octanol–water partition coefficient (Wildman–Crippen LogP) is 1.49. The van der Waals surface area contributed by atoms with E-state index in [-0.39, 0.29) is 11.3 Å². The standard InChI is InChI=1S/C17H17N5O4S/c1-22-15(23)7-5-11(21-22)16(24)18-17-20-19-14(27-17)9-10-4-6-12(25-2)13(8-10)26-3/h4-8H,9H2,1-3H3,(H,18,20,24). The van der Waals surface area contributed by atoms with Gasteiger partial charge in [-0.2, -0.15) is 5.10 Å². The molecule has 0 atom stereocenters. The van der Waals surface area contributed by atoms with Crippen LogP contribution in [0, 0.1) is 0 Å². The lowest BCUT2D eigenvalue weighted by Gasteiger charge is -2.08. The van der Waals surface area contributed by atoms with Crippen molar-refractivity contribution in [2.75, 3.05) is 19.5 Å². The number of amides is 1. The zero-order valence-electron chi connectivity index (χ0n) is 14.9. The van der Waals surface area contributed by atoms with Crippen molar-refractivity contribution < 1.29 is 14.3 Å². The third-order valence-electron chi connectivity index (χ3n) is 3.68. The Labute approximate surface area is 158 Å². The highest BCUT2D eigenvalue weighted by Gasteiger charge is 2.13. The van der Waals surface area contributed by atoms with Crippen LogP contribution in [0.1, 0.15) is 21.1 Å². The van der Waals surface area contributed by atoms with Crippen molar-refractivity contribution in [3.05, 3.63) is 57.0 Å². The molecule has 10 heteroatoms. The number of rotatable bonds is 6. The number of nitrogens with zero attached hydrogens (tertiary/aromatic N) is 4. The van der Waals surface area contributed by atoms with Crippen LogP contribution in [-0.4, -0.2) is 40.1 Å². The third-order valence-corrected chi connectivity index (χ3v) is 4.52. The fourth-order valence-corrected chi connectivity index (χ4v) is 3.09. The molecule has 3 aromatic rings. The first-order valence-electron chi connectivity index (χ1n) is 7.89. The molecule has 0 saturated carbocycles. The van der Waals surface area contributed by atoms with Gasteiger partial charge >= 0.3 is 0 Å². The summed E-state index contributed by atoms with van der Waals surface area (Å²) in [7, 11) is 4.63. The summed E-state index contributed by atoms with van der Waals surface area (Å²) < 4.78 is 11.6. The van der Waals surface area contributed by atoms with Gasteiger partial charge in [-0.15, -0.1) is 10.2 Å². The molecule has 140 valence electrons. The van der Waals surface area contributed by atoms with E-state index in [4.69, 9.17) is 9.47 Å². The molecule has 1 aromatic carbocycles. The number of aromatic nitrogens is 4. The number of nitrogens with one attached hydrogen (secondary N) is 1. The smallest absolute Gasteiger partial charge is 0.277 e. The molecule has 0 fully saturated rings. The Morgan fingerprint density at radius 3 is 2.63 bits per heavy atom. The summed E-state index contributed by atoms with van der Waals surface area (Å²) in [5.74, 6) is 0.824. The van der Waals surface area contributed by atoms with Crippen molar-refractivity contribution in [1.29, 1.82) is 0 Å². The lowest BCUT2D eigenvalue weighted by atomic mass is 10.1. The number of ether oxygens (including phenoxy) is 2. The molecule has 1 N–H and O–H groups in total. The van der Waals surface area contributed by atoms with Crippen LogP contribution < -0.4 is 20.3 Å². The Morgan fingerprint density at radius 2 is 1.93 bits per heavy atom. The van der Waals surface area contributed by atoms with Crippen molar-refractivity contribution >= 4 is 22.4 Å². The molecule has 0 unspecified atom stereocenters. The summed E-state index contributed by atoms with van der Waals surface area (Å²) in [4.78, 5) is 23.6. The van der Waals surface area contributed by atoms with Gasteiger partial charge < -0.3 is 9.47 Å². The average molecular weight is 387 g/mol. The van der Waals surface area contributed by atoms with E-state index in [1.54, 1.807) is 14.2 Å². The normalized spacial score (nSPS) is 10.5. The highest BCUT2D eigenvalue weighted by molar-refractivity contribution is 7.15. The Morgan fingerprint density at radius 1 is 1.15 bits per heavy atom. The molecule has 0 spiro atoms. The fourth-order valence-electron chi connectivity index (χ4n) is 2.33. The highest BCUT2D eigenvalue weighted by Crippen LogP contribution is 2.29. The Kier molecular flexibility index (Phi) is 5.46. The second-order valence-corrected chi connectivity index (χ2v) is 6.56. The van der Waals surface area contributed by atoms with Gasteiger partial charge in [0.25, 0.3) is 11.5 Å². The largest absolute Gasteiger partial charge is 0.493 e. The molecule has 0 saturated heterocycles. The number of anilines is 1. The Bertz CT molecular complexity index is 1030. The minimum Gasteiger partial charge on any atom is -0.493 e. The lowest BCUT2D eigenvalue weighted by Crippen LogP contribution is -2.23. The molecule has 2 aromatic heterocycles. The monoisotopic (exact) mass is 387 g/mol. The van der Waals surface area contributed by atoms with Gasteiger partial charge in [-0.25, -0.2) is 4.68 Å². The van der Waals surface area contributed by atoms with E-state index in [1.165, 1.54) is 30.5 Å². The molecular weight excluding hydrogens is 370 g/mol. The molecule has 0 radical (unpaired) electrons. The van der Waals surface area contributed by atoms with Crippen LogP contribution in [0.25, 0.3) is 0 Å². The first-order chi connectivity index (χ1) is 13.0. The van der Waals surface area contributed by atoms with E-state index in [9.17, 15) is 9.59 Å². The average Bonchev–Trinajstić information content (AvgIpc) is 3.10. The minimum atomic E-state index is -0.459. The predicted molar refractivity (Wildman–Crippen MR) is 99.7 cm³/mol. The van der Waals surface area contributed by atoms with Crippen LogP contribution in [0.5, 0.6) is 11.5 Å². The van der Waals surface area contributed by atoms with Crippen LogP contribution in [0.15, 0.2) is 35.1 Å². The molecular formula is C17H17N5O4S. The van der Waals surface area contributed by atoms with Crippen molar-refractivity contribution in [2.45, 2.75) is 6.42 Å². The van der Waals surface area contributed by atoms with Crippen molar-refractivity contribution in [1.82, 2.24) is 20.0 Å². The first-order valence-corrected chi connectivity index (χ1v) is 8.71. The Hall–Kier alpha value is -3.27. The summed E-state index contributed by atoms with van der Waals surface area (Å²) in [6.45, 7) is 0. The van der Waals surface area contributed by atoms with E-state index < -0.39 is 5.91 Å². The molecule has 3 rings (SSSR count). The number of methoxy groups -OCH3 is 2. The second-order valence-electron chi connectivity index (χ2n) is 5.50. The number of benzene rings is 1. The topological polar surface area (TPSA) is 108 Å². The zero-order valence-corrected chi connectivity index (χ0v) is 15.7. The molecule has 27 heavy (non-hydrogen) atoms. The number of hydrogen-bond donors (Lipinski definition) is 1.